The van der Waals surface area contributed by atoms with Crippen LogP contribution >= 0.6 is 0 Å². The molecule has 0 aromatic rings. The Balaban J connectivity index is 4.72. The zero-order valence-corrected chi connectivity index (χ0v) is 11.7. The summed E-state index contributed by atoms with van der Waals surface area (Å²) >= 11 is 0. The maximum Gasteiger partial charge on any atom is 0.152 e. The van der Waals surface area contributed by atoms with Crippen molar-refractivity contribution in [2.75, 3.05) is 11.5 Å². The summed E-state index contributed by atoms with van der Waals surface area (Å²) in [7, 11) is -3.34. The number of hydrogen-bond acceptors (Lipinski definition) is 4. The first-order chi connectivity index (χ1) is 7.73. The quantitative estimate of drug-likeness (QED) is 0.727. The van der Waals surface area contributed by atoms with Crippen LogP contribution in [0.25, 0.3) is 0 Å². The van der Waals surface area contributed by atoms with Crippen LogP contribution in [0.1, 0.15) is 27.7 Å². The van der Waals surface area contributed by atoms with Gasteiger partial charge in [0, 0.05) is 0 Å². The van der Waals surface area contributed by atoms with E-state index in [0.717, 1.165) is 0 Å². The van der Waals surface area contributed by atoms with Crippen molar-refractivity contribution in [2.24, 2.45) is 23.7 Å². The van der Waals surface area contributed by atoms with Crippen molar-refractivity contribution in [3.05, 3.63) is 0 Å². The summed E-state index contributed by atoms with van der Waals surface area (Å²) in [6.07, 6.45) is 0. The summed E-state index contributed by atoms with van der Waals surface area (Å²) < 4.78 is 23.8. The van der Waals surface area contributed by atoms with Crippen LogP contribution in [0.3, 0.4) is 0 Å². The van der Waals surface area contributed by atoms with Gasteiger partial charge in [-0.15, -0.1) is 0 Å². The number of hydrogen-bond donors (Lipinski definition) is 0. The molecule has 0 aromatic carbocycles. The molecule has 0 saturated carbocycles. The van der Waals surface area contributed by atoms with Gasteiger partial charge in [0.25, 0.3) is 0 Å². The van der Waals surface area contributed by atoms with E-state index in [0.29, 0.717) is 0 Å². The molecule has 0 saturated heterocycles. The molecule has 5 heteroatoms. The fourth-order valence-electron chi connectivity index (χ4n) is 1.37. The molecule has 0 radical (unpaired) electrons. The number of nitrogens with zero attached hydrogens (tertiary/aromatic N) is 2. The Hall–Kier alpha value is -1.07. The Morgan fingerprint density at radius 1 is 0.882 bits per heavy atom. The van der Waals surface area contributed by atoms with Gasteiger partial charge in [0.15, 0.2) is 9.84 Å². The van der Waals surface area contributed by atoms with E-state index in [-0.39, 0.29) is 23.3 Å². The highest BCUT2D eigenvalue weighted by Gasteiger charge is 2.26. The molecule has 2 atom stereocenters. The van der Waals surface area contributed by atoms with Crippen molar-refractivity contribution in [1.82, 2.24) is 0 Å². The Morgan fingerprint density at radius 2 is 1.18 bits per heavy atom. The van der Waals surface area contributed by atoms with Gasteiger partial charge < -0.3 is 0 Å². The van der Waals surface area contributed by atoms with Crippen molar-refractivity contribution in [1.29, 1.82) is 10.5 Å². The van der Waals surface area contributed by atoms with Crippen molar-refractivity contribution < 1.29 is 8.42 Å². The molecule has 0 bridgehead atoms. The van der Waals surface area contributed by atoms with Crippen LogP contribution in [0.5, 0.6) is 0 Å². The van der Waals surface area contributed by atoms with Crippen LogP contribution in [-0.4, -0.2) is 19.9 Å². The minimum atomic E-state index is -3.34. The van der Waals surface area contributed by atoms with E-state index in [9.17, 15) is 8.42 Å². The van der Waals surface area contributed by atoms with Gasteiger partial charge in [-0.05, 0) is 11.8 Å². The van der Waals surface area contributed by atoms with E-state index in [4.69, 9.17) is 10.5 Å². The Labute approximate surface area is 104 Å². The third kappa shape index (κ3) is 5.70. The lowest BCUT2D eigenvalue weighted by Crippen LogP contribution is -2.26. The smallest absolute Gasteiger partial charge is 0.152 e. The standard InChI is InChI=1S/C12H20N2O2S/c1-9(2)11(5-13)7-17(15,16)8-12(6-14)10(3)4/h9-12H,7-8H2,1-4H3. The molecule has 17 heavy (non-hydrogen) atoms. The van der Waals surface area contributed by atoms with E-state index < -0.39 is 21.7 Å². The predicted octanol–water partition coefficient (Wildman–Crippen LogP) is 1.99. The number of rotatable bonds is 6. The van der Waals surface area contributed by atoms with Crippen molar-refractivity contribution in [2.45, 2.75) is 27.7 Å². The predicted molar refractivity (Wildman–Crippen MR) is 66.5 cm³/mol. The molecule has 0 aliphatic rings. The van der Waals surface area contributed by atoms with Crippen LogP contribution in [-0.2, 0) is 9.84 Å². The summed E-state index contributed by atoms with van der Waals surface area (Å²) in [5, 5.41) is 17.8. The normalized spacial score (nSPS) is 15.3. The van der Waals surface area contributed by atoms with Gasteiger partial charge in [0.1, 0.15) is 0 Å². The number of nitriles is 2. The van der Waals surface area contributed by atoms with Crippen LogP contribution in [0.15, 0.2) is 0 Å². The average molecular weight is 256 g/mol. The lowest BCUT2D eigenvalue weighted by molar-refractivity contribution is 0.484. The van der Waals surface area contributed by atoms with Gasteiger partial charge >= 0.3 is 0 Å². The molecule has 0 fully saturated rings. The second-order valence-electron chi connectivity index (χ2n) is 5.04. The van der Waals surface area contributed by atoms with Crippen molar-refractivity contribution in [3.8, 4) is 12.1 Å². The molecule has 0 rings (SSSR count). The first-order valence-electron chi connectivity index (χ1n) is 5.73. The molecule has 0 aliphatic heterocycles. The maximum atomic E-state index is 11.9. The first-order valence-corrected chi connectivity index (χ1v) is 7.55. The van der Waals surface area contributed by atoms with Gasteiger partial charge in [0.2, 0.25) is 0 Å². The second kappa shape index (κ2) is 6.61. The average Bonchev–Trinajstić information content (AvgIpc) is 2.22. The fraction of sp³-hybridized carbons (Fsp3) is 0.833. The minimum absolute atomic E-state index is 0.00867. The summed E-state index contributed by atoms with van der Waals surface area (Å²) in [5.74, 6) is -1.26. The summed E-state index contributed by atoms with van der Waals surface area (Å²) in [6.45, 7) is 7.31. The van der Waals surface area contributed by atoms with Crippen LogP contribution in [0.2, 0.25) is 0 Å². The third-order valence-electron chi connectivity index (χ3n) is 2.81. The van der Waals surface area contributed by atoms with Crippen LogP contribution in [0.4, 0.5) is 0 Å². The molecule has 0 heterocycles. The summed E-state index contributed by atoms with van der Waals surface area (Å²) in [5.41, 5.74) is 0. The summed E-state index contributed by atoms with van der Waals surface area (Å²) in [4.78, 5) is 0. The van der Waals surface area contributed by atoms with Crippen molar-refractivity contribution in [3.63, 3.8) is 0 Å². The molecule has 0 N–H and O–H groups in total. The van der Waals surface area contributed by atoms with Gasteiger partial charge in [-0.2, -0.15) is 10.5 Å². The molecular weight excluding hydrogens is 236 g/mol. The highest BCUT2D eigenvalue weighted by Crippen LogP contribution is 2.17. The van der Waals surface area contributed by atoms with E-state index in [1.165, 1.54) is 0 Å². The number of sulfone groups is 1. The molecule has 0 amide bonds. The lowest BCUT2D eigenvalue weighted by atomic mass is 10.00. The maximum absolute atomic E-state index is 11.9. The van der Waals surface area contributed by atoms with Crippen LogP contribution in [0, 0.1) is 46.3 Å². The van der Waals surface area contributed by atoms with Gasteiger partial charge in [0.05, 0.1) is 35.5 Å². The second-order valence-corrected chi connectivity index (χ2v) is 7.19. The Kier molecular flexibility index (Phi) is 6.20. The largest absolute Gasteiger partial charge is 0.229 e. The zero-order chi connectivity index (χ0) is 13.6. The monoisotopic (exact) mass is 256 g/mol. The van der Waals surface area contributed by atoms with Crippen molar-refractivity contribution >= 4 is 9.84 Å². The lowest BCUT2D eigenvalue weighted by Gasteiger charge is -2.16. The molecule has 0 aliphatic carbocycles. The van der Waals surface area contributed by atoms with Gasteiger partial charge in [-0.3, -0.25) is 0 Å². The minimum Gasteiger partial charge on any atom is -0.229 e. The van der Waals surface area contributed by atoms with E-state index >= 15 is 0 Å². The molecule has 4 nitrogen and oxygen atoms in total. The molecular formula is C12H20N2O2S. The molecule has 2 unspecified atom stereocenters. The first kappa shape index (κ1) is 15.9. The zero-order valence-electron chi connectivity index (χ0n) is 10.8. The summed E-state index contributed by atoms with van der Waals surface area (Å²) in [6, 6.07) is 4.03. The highest BCUT2D eigenvalue weighted by molar-refractivity contribution is 7.91. The SMILES string of the molecule is CC(C)C(C#N)CS(=O)(=O)CC(C#N)C(C)C. The molecule has 0 aromatic heterocycles. The molecule has 0 spiro atoms. The molecule has 96 valence electrons. The Bertz CT molecular complexity index is 379. The third-order valence-corrected chi connectivity index (χ3v) is 4.54. The fourth-order valence-corrected chi connectivity index (χ4v) is 3.52. The highest BCUT2D eigenvalue weighted by atomic mass is 32.2. The Morgan fingerprint density at radius 3 is 1.35 bits per heavy atom. The van der Waals surface area contributed by atoms with E-state index in [1.807, 2.05) is 39.8 Å². The van der Waals surface area contributed by atoms with Gasteiger partial charge in [-0.25, -0.2) is 8.42 Å². The van der Waals surface area contributed by atoms with Crippen LogP contribution < -0.4 is 0 Å². The van der Waals surface area contributed by atoms with Gasteiger partial charge in [-0.1, -0.05) is 27.7 Å². The van der Waals surface area contributed by atoms with E-state index in [1.54, 1.807) is 0 Å². The van der Waals surface area contributed by atoms with E-state index in [2.05, 4.69) is 0 Å². The topological polar surface area (TPSA) is 81.7 Å².